The monoisotopic (exact) mass is 369 g/mol. The molecule has 26 heavy (non-hydrogen) atoms. The van der Waals surface area contributed by atoms with Gasteiger partial charge in [-0.25, -0.2) is 0 Å². The van der Waals surface area contributed by atoms with E-state index in [1.54, 1.807) is 0 Å². The number of fused-ring (bicyclic) bond motifs is 1. The molecule has 0 unspecified atom stereocenters. The van der Waals surface area contributed by atoms with E-state index in [4.69, 9.17) is 0 Å². The van der Waals surface area contributed by atoms with Crippen LogP contribution in [-0.4, -0.2) is 36.1 Å². The zero-order chi connectivity index (χ0) is 18.5. The van der Waals surface area contributed by atoms with Gasteiger partial charge in [-0.3, -0.25) is 9.59 Å². The first-order chi connectivity index (χ1) is 12.5. The molecule has 1 aliphatic heterocycles. The topological polar surface area (TPSA) is 61.4 Å². The summed E-state index contributed by atoms with van der Waals surface area (Å²) in [6, 6.07) is 15.8. The third kappa shape index (κ3) is 4.86. The van der Waals surface area contributed by atoms with Gasteiger partial charge < -0.3 is 15.5 Å². The van der Waals surface area contributed by atoms with E-state index in [0.717, 1.165) is 22.7 Å². The van der Waals surface area contributed by atoms with Crippen molar-refractivity contribution in [2.45, 2.75) is 29.7 Å². The Bertz CT molecular complexity index is 790. The number of amides is 2. The van der Waals surface area contributed by atoms with Crippen molar-refractivity contribution in [1.82, 2.24) is 10.2 Å². The van der Waals surface area contributed by atoms with E-state index < -0.39 is 5.25 Å². The fourth-order valence-corrected chi connectivity index (χ4v) is 3.91. The molecule has 3 rings (SSSR count). The molecule has 0 aromatic heterocycles. The van der Waals surface area contributed by atoms with Crippen LogP contribution in [0.2, 0.25) is 0 Å². The van der Waals surface area contributed by atoms with Crippen LogP contribution in [0, 0.1) is 0 Å². The van der Waals surface area contributed by atoms with Gasteiger partial charge in [-0.15, -0.1) is 11.8 Å². The minimum Gasteiger partial charge on any atom is -0.352 e. The number of thioether (sulfide) groups is 1. The van der Waals surface area contributed by atoms with Gasteiger partial charge >= 0.3 is 0 Å². The van der Waals surface area contributed by atoms with Crippen LogP contribution in [0.5, 0.6) is 0 Å². The van der Waals surface area contributed by atoms with Crippen molar-refractivity contribution in [3.8, 4) is 0 Å². The Balaban J connectivity index is 1.51. The molecule has 0 bridgehead atoms. The molecule has 0 radical (unpaired) electrons. The van der Waals surface area contributed by atoms with E-state index in [2.05, 4.69) is 27.7 Å². The normalized spacial score (nSPS) is 16.1. The third-order valence-electron chi connectivity index (χ3n) is 4.09. The summed E-state index contributed by atoms with van der Waals surface area (Å²) < 4.78 is 0. The Morgan fingerprint density at radius 2 is 1.81 bits per heavy atom. The molecular formula is C20H23N3O2S. The highest BCUT2D eigenvalue weighted by atomic mass is 32.2. The lowest BCUT2D eigenvalue weighted by atomic mass is 10.1. The fourth-order valence-electron chi connectivity index (χ4n) is 2.80. The van der Waals surface area contributed by atoms with E-state index in [1.807, 2.05) is 50.5 Å². The van der Waals surface area contributed by atoms with Crippen molar-refractivity contribution in [3.05, 3.63) is 59.7 Å². The van der Waals surface area contributed by atoms with E-state index >= 15 is 0 Å². The largest absolute Gasteiger partial charge is 0.352 e. The zero-order valence-electron chi connectivity index (χ0n) is 15.0. The molecule has 0 fully saturated rings. The summed E-state index contributed by atoms with van der Waals surface area (Å²) in [5.41, 5.74) is 3.10. The van der Waals surface area contributed by atoms with E-state index in [9.17, 15) is 9.59 Å². The SMILES string of the molecule is CN(C)Cc1ccc(CNC(=O)C[C@@H]2Sc3ccccc3NC2=O)cc1. The summed E-state index contributed by atoms with van der Waals surface area (Å²) in [6.07, 6.45) is 0.170. The van der Waals surface area contributed by atoms with Gasteiger partial charge in [0.15, 0.2) is 0 Å². The van der Waals surface area contributed by atoms with Crippen molar-refractivity contribution in [1.29, 1.82) is 0 Å². The number of nitrogens with one attached hydrogen (secondary N) is 2. The van der Waals surface area contributed by atoms with Crippen LogP contribution >= 0.6 is 11.8 Å². The summed E-state index contributed by atoms with van der Waals surface area (Å²) in [7, 11) is 4.07. The number of benzene rings is 2. The maximum absolute atomic E-state index is 12.2. The average Bonchev–Trinajstić information content (AvgIpc) is 2.61. The van der Waals surface area contributed by atoms with Gasteiger partial charge in [-0.1, -0.05) is 36.4 Å². The van der Waals surface area contributed by atoms with E-state index in [-0.39, 0.29) is 18.2 Å². The highest BCUT2D eigenvalue weighted by molar-refractivity contribution is 8.01. The van der Waals surface area contributed by atoms with Gasteiger partial charge in [-0.05, 0) is 37.4 Å². The molecule has 2 aromatic rings. The Hall–Kier alpha value is -2.31. The zero-order valence-corrected chi connectivity index (χ0v) is 15.8. The lowest BCUT2D eigenvalue weighted by Crippen LogP contribution is -2.34. The predicted octanol–water partition coefficient (Wildman–Crippen LogP) is 2.87. The van der Waals surface area contributed by atoms with Crippen LogP contribution in [0.15, 0.2) is 53.4 Å². The number of nitrogens with zero attached hydrogens (tertiary/aromatic N) is 1. The molecule has 6 heteroatoms. The molecule has 0 aliphatic carbocycles. The van der Waals surface area contributed by atoms with E-state index in [0.29, 0.717) is 6.54 Å². The molecule has 1 aliphatic rings. The molecular weight excluding hydrogens is 346 g/mol. The first kappa shape index (κ1) is 18.5. The second kappa shape index (κ2) is 8.38. The molecule has 2 amide bonds. The highest BCUT2D eigenvalue weighted by Gasteiger charge is 2.28. The van der Waals surface area contributed by atoms with Gasteiger partial charge in [0.2, 0.25) is 11.8 Å². The van der Waals surface area contributed by atoms with Crippen LogP contribution in [0.4, 0.5) is 5.69 Å². The first-order valence-electron chi connectivity index (χ1n) is 8.57. The summed E-state index contributed by atoms with van der Waals surface area (Å²) in [5.74, 6) is -0.230. The second-order valence-corrected chi connectivity index (χ2v) is 7.87. The number of hydrogen-bond acceptors (Lipinski definition) is 4. The Morgan fingerprint density at radius 3 is 2.54 bits per heavy atom. The summed E-state index contributed by atoms with van der Waals surface area (Å²) in [5, 5.41) is 5.38. The van der Waals surface area contributed by atoms with Crippen LogP contribution in [0.3, 0.4) is 0 Å². The molecule has 0 spiro atoms. The highest BCUT2D eigenvalue weighted by Crippen LogP contribution is 2.36. The molecule has 1 atom stereocenters. The summed E-state index contributed by atoms with van der Waals surface area (Å²) in [6.45, 7) is 1.36. The number of rotatable bonds is 6. The minimum absolute atomic E-state index is 0.114. The molecule has 5 nitrogen and oxygen atoms in total. The number of anilines is 1. The van der Waals surface area contributed by atoms with Gasteiger partial charge in [0, 0.05) is 24.4 Å². The number of hydrogen-bond donors (Lipinski definition) is 2. The van der Waals surface area contributed by atoms with Crippen molar-refractivity contribution >= 4 is 29.3 Å². The maximum atomic E-state index is 12.2. The van der Waals surface area contributed by atoms with Crippen molar-refractivity contribution in [3.63, 3.8) is 0 Å². The average molecular weight is 369 g/mol. The molecule has 2 N–H and O–H groups in total. The van der Waals surface area contributed by atoms with Crippen LogP contribution in [0.1, 0.15) is 17.5 Å². The lowest BCUT2D eigenvalue weighted by molar-refractivity contribution is -0.124. The van der Waals surface area contributed by atoms with Crippen LogP contribution < -0.4 is 10.6 Å². The minimum atomic E-state index is -0.396. The standard InChI is InChI=1S/C20H23N3O2S/c1-23(2)13-15-9-7-14(8-10-15)12-21-19(24)11-18-20(25)22-16-5-3-4-6-17(16)26-18/h3-10,18H,11-13H2,1-2H3,(H,21,24)(H,22,25)/t18-/m0/s1. The number of carbonyl (C=O) groups excluding carboxylic acids is 2. The summed E-state index contributed by atoms with van der Waals surface area (Å²) in [4.78, 5) is 27.5. The first-order valence-corrected chi connectivity index (χ1v) is 9.45. The second-order valence-electron chi connectivity index (χ2n) is 6.63. The van der Waals surface area contributed by atoms with Crippen LogP contribution in [-0.2, 0) is 22.7 Å². The predicted molar refractivity (Wildman–Crippen MR) is 105 cm³/mol. The molecule has 0 saturated carbocycles. The molecule has 136 valence electrons. The van der Waals surface area contributed by atoms with E-state index in [1.165, 1.54) is 17.3 Å². The van der Waals surface area contributed by atoms with Crippen molar-refractivity contribution < 1.29 is 9.59 Å². The van der Waals surface area contributed by atoms with Gasteiger partial charge in [0.25, 0.3) is 0 Å². The quantitative estimate of drug-likeness (QED) is 0.822. The van der Waals surface area contributed by atoms with Gasteiger partial charge in [0.1, 0.15) is 0 Å². The molecule has 0 saturated heterocycles. The molecule has 2 aromatic carbocycles. The Morgan fingerprint density at radius 1 is 1.12 bits per heavy atom. The fraction of sp³-hybridized carbons (Fsp3) is 0.300. The number of carbonyl (C=O) groups is 2. The van der Waals surface area contributed by atoms with Crippen molar-refractivity contribution in [2.75, 3.05) is 19.4 Å². The third-order valence-corrected chi connectivity index (χ3v) is 5.36. The van der Waals surface area contributed by atoms with Crippen LogP contribution in [0.25, 0.3) is 0 Å². The lowest BCUT2D eigenvalue weighted by Gasteiger charge is -2.23. The van der Waals surface area contributed by atoms with Crippen molar-refractivity contribution in [2.24, 2.45) is 0 Å². The molecule has 1 heterocycles. The van der Waals surface area contributed by atoms with Gasteiger partial charge in [-0.2, -0.15) is 0 Å². The summed E-state index contributed by atoms with van der Waals surface area (Å²) >= 11 is 1.45. The number of para-hydroxylation sites is 1. The maximum Gasteiger partial charge on any atom is 0.238 e. The Labute approximate surface area is 158 Å². The van der Waals surface area contributed by atoms with Gasteiger partial charge in [0.05, 0.1) is 10.9 Å². The smallest absolute Gasteiger partial charge is 0.238 e. The Kier molecular flexibility index (Phi) is 5.96.